The number of ether oxygens (including phenoxy) is 6. The number of esters is 3. The van der Waals surface area contributed by atoms with E-state index >= 15 is 4.79 Å². The summed E-state index contributed by atoms with van der Waals surface area (Å²) in [6.07, 6.45) is 12.8. The van der Waals surface area contributed by atoms with Crippen molar-refractivity contribution < 1.29 is 67.6 Å². The minimum Gasteiger partial charge on any atom is -0.496 e. The summed E-state index contributed by atoms with van der Waals surface area (Å²) >= 11 is 0. The molecule has 6 heterocycles. The Bertz CT molecular complexity index is 3420. The van der Waals surface area contributed by atoms with Crippen LogP contribution in [0.2, 0.25) is 0 Å². The second-order valence-electron chi connectivity index (χ2n) is 28.4. The van der Waals surface area contributed by atoms with Crippen molar-refractivity contribution in [3.05, 3.63) is 101 Å². The fourth-order valence-electron chi connectivity index (χ4n) is 20.4. The number of aromatic nitrogens is 1. The number of amides is 1. The molecular weight excluding hydrogens is 1130 g/mol. The number of hydrogen-bond acceptors (Lipinski definition) is 17. The topological polar surface area (TPSA) is 220 Å². The zero-order valence-electron chi connectivity index (χ0n) is 52.7. The van der Waals surface area contributed by atoms with E-state index in [1.165, 1.54) is 53.2 Å². The number of likely N-dealkylation sites (N-methyl/N-ethyl adjacent to an activating group) is 1. The normalized spacial score (nSPS) is 38.1. The lowest BCUT2D eigenvalue weighted by atomic mass is 9.47. The van der Waals surface area contributed by atoms with Crippen LogP contribution in [0.25, 0.3) is 10.9 Å². The predicted octanol–water partition coefficient (Wildman–Crippen LogP) is 9.17. The summed E-state index contributed by atoms with van der Waals surface area (Å²) < 4.78 is 37.6. The van der Waals surface area contributed by atoms with Crippen molar-refractivity contribution in [3.8, 4) is 5.75 Å². The molecule has 4 aromatic rings. The largest absolute Gasteiger partial charge is 0.496 e. The number of aliphatic hydroxyl groups is 2. The van der Waals surface area contributed by atoms with E-state index in [1.54, 1.807) is 7.11 Å². The predicted molar refractivity (Wildman–Crippen MR) is 330 cm³/mol. The lowest BCUT2D eigenvalue weighted by molar-refractivity contribution is -0.461. The molecule has 1 aromatic heterocycles. The molecule has 19 nitrogen and oxygen atoms in total. The summed E-state index contributed by atoms with van der Waals surface area (Å²) in [6.45, 7) is 9.12. The average Bonchev–Trinajstić information content (AvgIpc) is 1.52. The van der Waals surface area contributed by atoms with Gasteiger partial charge in [0, 0.05) is 109 Å². The zero-order chi connectivity index (χ0) is 62.0. The molecule has 6 saturated carbocycles. The van der Waals surface area contributed by atoms with Gasteiger partial charge in [-0.3, -0.25) is 24.7 Å². The molecule has 15 rings (SSSR count). The number of piperidine rings is 1. The van der Waals surface area contributed by atoms with Crippen molar-refractivity contribution in [2.75, 3.05) is 71.3 Å². The second-order valence-corrected chi connectivity index (χ2v) is 28.4. The number of benzene rings is 3. The molecule has 3 aromatic carbocycles. The van der Waals surface area contributed by atoms with Gasteiger partial charge in [0.15, 0.2) is 6.10 Å². The Morgan fingerprint density at radius 2 is 1.56 bits per heavy atom. The number of fused-ring (bicyclic) bond motifs is 6. The molecule has 2 unspecified atom stereocenters. The first-order valence-electron chi connectivity index (χ1n) is 32.9. The van der Waals surface area contributed by atoms with Crippen molar-refractivity contribution >= 4 is 46.3 Å². The smallest absolute Gasteiger partial charge is 0.411 e. The number of para-hydroxylation sites is 1. The molecule has 19 heteroatoms. The van der Waals surface area contributed by atoms with Gasteiger partial charge in [-0.2, -0.15) is 0 Å². The first-order chi connectivity index (χ1) is 42.9. The van der Waals surface area contributed by atoms with E-state index in [4.69, 9.17) is 38.2 Å². The first kappa shape index (κ1) is 60.5. The first-order valence-corrected chi connectivity index (χ1v) is 32.9. The Labute approximate surface area is 521 Å². The summed E-state index contributed by atoms with van der Waals surface area (Å²) in [4.78, 5) is 80.0. The van der Waals surface area contributed by atoms with Gasteiger partial charge in [-0.15, -0.1) is 0 Å². The Morgan fingerprint density at radius 1 is 0.809 bits per heavy atom. The molecule has 12 atom stereocenters. The molecule has 478 valence electrons. The van der Waals surface area contributed by atoms with Crippen LogP contribution >= 0.6 is 0 Å². The third kappa shape index (κ3) is 9.57. The highest BCUT2D eigenvalue weighted by atomic mass is 17.2. The van der Waals surface area contributed by atoms with Gasteiger partial charge in [0.1, 0.15) is 17.3 Å². The quantitative estimate of drug-likeness (QED) is 0.0218. The van der Waals surface area contributed by atoms with E-state index in [0.717, 1.165) is 50.8 Å². The molecule has 6 bridgehead atoms. The zero-order valence-corrected chi connectivity index (χ0v) is 52.7. The van der Waals surface area contributed by atoms with Gasteiger partial charge in [-0.25, -0.2) is 19.4 Å². The number of carbonyl (C=O) groups is 4. The Hall–Kier alpha value is -6.06. The molecular formula is C70H89N5O14. The van der Waals surface area contributed by atoms with Crippen LogP contribution in [0.3, 0.4) is 0 Å². The van der Waals surface area contributed by atoms with E-state index in [9.17, 15) is 24.6 Å². The molecule has 6 aliphatic carbocycles. The van der Waals surface area contributed by atoms with Crippen molar-refractivity contribution in [2.24, 2.45) is 35.0 Å². The molecule has 11 aliphatic rings. The van der Waals surface area contributed by atoms with Gasteiger partial charge < -0.3 is 48.5 Å². The SMILES string of the molecule is CC[C@]1(OCc2ccc(NC(=O)OC3CCC[C@@](O)(OOC4C5CC6CC(C5)CC4C6)C3)cc2)C[C@H]2CN(CCc3c([nH]c4ccccc34)[C@@](C(=O)OC)(c3cc4c(cc3OC)N(C)[C@H]3[C@@](O)(C(=O)OC)[C@H](OC(C)=O)[C@]5(CC)C=CCN6CC[C@]43[C@@H]65)C2)C1. The Morgan fingerprint density at radius 3 is 2.27 bits per heavy atom. The lowest BCUT2D eigenvalue weighted by Gasteiger charge is -2.63. The second kappa shape index (κ2) is 22.7. The number of hydrogen-bond donors (Lipinski definition) is 4. The van der Waals surface area contributed by atoms with Crippen molar-refractivity contribution in [1.29, 1.82) is 0 Å². The van der Waals surface area contributed by atoms with Gasteiger partial charge in [0.25, 0.3) is 0 Å². The number of rotatable bonds is 15. The van der Waals surface area contributed by atoms with Crippen LogP contribution in [0.1, 0.15) is 139 Å². The maximum atomic E-state index is 15.9. The summed E-state index contributed by atoms with van der Waals surface area (Å²) in [5, 5.41) is 29.0. The van der Waals surface area contributed by atoms with Gasteiger partial charge in [-0.05, 0) is 161 Å². The van der Waals surface area contributed by atoms with Gasteiger partial charge in [0.2, 0.25) is 11.4 Å². The monoisotopic (exact) mass is 1220 g/mol. The van der Waals surface area contributed by atoms with Crippen molar-refractivity contribution in [2.45, 2.75) is 182 Å². The van der Waals surface area contributed by atoms with E-state index < -0.39 is 75.5 Å². The van der Waals surface area contributed by atoms with Gasteiger partial charge >= 0.3 is 24.0 Å². The Kier molecular flexibility index (Phi) is 15.4. The minimum atomic E-state index is -2.35. The van der Waals surface area contributed by atoms with Crippen molar-refractivity contribution in [3.63, 3.8) is 0 Å². The molecule has 5 aliphatic heterocycles. The van der Waals surface area contributed by atoms with Crippen LogP contribution in [-0.4, -0.2) is 157 Å². The fourth-order valence-corrected chi connectivity index (χ4v) is 20.4. The number of H-pyrrole nitrogens is 1. The standard InChI is InChI=1S/C70H89N5O14/c1-8-65(85-39-42-17-19-48(20-18-42)71-64(79)87-49-14-12-23-67(80,37-49)89-88-57-46-29-43-28-44(31-46)32-47(57)30-43)35-45-36-69(62(77)83-6,58-51(21-26-74(38-45)40-65)50-15-10-11-16-54(50)72-58)53-33-52-55(34-56(53)82-5)73(4)60-68(52)24-27-75-25-13-22-66(9-2,59(68)75)61(86-41(3)76)70(60,81)63(78)84-7/h10-11,13,15-20,22,33-34,43-47,49,57,59-61,72,80-81H,8-9,12,14,21,23-32,35-40H2,1-7H3,(H,71,79)/t43?,44?,45-,46?,47?,49?,57?,59+,60-,61-,65+,66-,67-,68-,69+,70+/m1/s1. The average molecular weight is 1220 g/mol. The molecule has 1 amide bonds. The summed E-state index contributed by atoms with van der Waals surface area (Å²) in [6, 6.07) is 18.6. The minimum absolute atomic E-state index is 0.0177. The van der Waals surface area contributed by atoms with Gasteiger partial charge in [-0.1, -0.05) is 56.3 Å². The van der Waals surface area contributed by atoms with Crippen LogP contribution in [0.5, 0.6) is 5.75 Å². The van der Waals surface area contributed by atoms with E-state index in [1.807, 2.05) is 61.3 Å². The summed E-state index contributed by atoms with van der Waals surface area (Å²) in [5.74, 6) is -0.561. The maximum Gasteiger partial charge on any atom is 0.411 e. The highest BCUT2D eigenvalue weighted by molar-refractivity contribution is 5.95. The number of carbonyl (C=O) groups excluding carboxylic acids is 4. The number of nitrogens with one attached hydrogen (secondary N) is 2. The third-order valence-electron chi connectivity index (χ3n) is 23.7. The van der Waals surface area contributed by atoms with Crippen molar-refractivity contribution in [1.82, 2.24) is 14.8 Å². The fraction of sp³-hybridized carbons (Fsp3) is 0.629. The summed E-state index contributed by atoms with van der Waals surface area (Å²) in [7, 11) is 6.20. The van der Waals surface area contributed by atoms with Crippen LogP contribution in [0.4, 0.5) is 16.2 Å². The Balaban J connectivity index is 0.751. The highest BCUT2D eigenvalue weighted by Crippen LogP contribution is 2.68. The van der Waals surface area contributed by atoms with Crippen LogP contribution < -0.4 is 15.0 Å². The number of aromatic amines is 1. The third-order valence-corrected chi connectivity index (χ3v) is 23.7. The molecule has 2 saturated heterocycles. The number of anilines is 2. The van der Waals surface area contributed by atoms with Crippen LogP contribution in [-0.2, 0) is 71.7 Å². The van der Waals surface area contributed by atoms with E-state index in [0.29, 0.717) is 126 Å². The lowest BCUT2D eigenvalue weighted by Crippen LogP contribution is -2.81. The van der Waals surface area contributed by atoms with E-state index in [-0.39, 0.29) is 24.5 Å². The van der Waals surface area contributed by atoms with E-state index in [2.05, 4.69) is 57.4 Å². The number of nitrogens with zero attached hydrogens (tertiary/aromatic N) is 3. The van der Waals surface area contributed by atoms with Crippen LogP contribution in [0, 0.1) is 35.0 Å². The number of methoxy groups -OCH3 is 3. The summed E-state index contributed by atoms with van der Waals surface area (Å²) in [5.41, 5.74) is -0.114. The van der Waals surface area contributed by atoms with Crippen LogP contribution in [0.15, 0.2) is 72.8 Å². The molecule has 4 N–H and O–H groups in total. The molecule has 1 spiro atoms. The molecule has 89 heavy (non-hydrogen) atoms. The molecule has 0 radical (unpaired) electrons. The molecule has 8 fully saturated rings. The highest BCUT2D eigenvalue weighted by Gasteiger charge is 2.80. The maximum absolute atomic E-state index is 15.9. The van der Waals surface area contributed by atoms with Gasteiger partial charge in [0.05, 0.1) is 45.7 Å².